The van der Waals surface area contributed by atoms with Gasteiger partial charge in [0.15, 0.2) is 0 Å². The number of hydrogen-bond donors (Lipinski definition) is 3. The molecule has 3 amide bonds. The van der Waals surface area contributed by atoms with E-state index in [9.17, 15) is 41.1 Å². The zero-order valence-corrected chi connectivity index (χ0v) is 27.2. The Kier molecular flexibility index (Phi) is 15.7. The number of nitrogens with two attached hydrogens (primary N) is 1. The van der Waals surface area contributed by atoms with E-state index < -0.39 is 30.1 Å². The molecule has 10 nitrogen and oxygen atoms in total. The first kappa shape index (κ1) is 39.7. The topological polar surface area (TPSA) is 140 Å². The molecule has 2 aromatic carbocycles. The predicted molar refractivity (Wildman–Crippen MR) is 176 cm³/mol. The highest BCUT2D eigenvalue weighted by Crippen LogP contribution is 2.27. The van der Waals surface area contributed by atoms with E-state index in [-0.39, 0.29) is 35.9 Å². The van der Waals surface area contributed by atoms with E-state index in [2.05, 4.69) is 23.0 Å². The SMILES string of the molecule is CCCC/C=C/C(=O)N(C)C.NC(=O)CC(F)(F)F.O=CNc1cccn(Cc2cc3cccc(OCc4ccc(F)cc4F)c3[nH]2)c1=O. The number of fused-ring (bicyclic) bond motifs is 1. The van der Waals surface area contributed by atoms with E-state index in [1.54, 1.807) is 49.5 Å². The van der Waals surface area contributed by atoms with Crippen LogP contribution in [0, 0.1) is 11.6 Å². The van der Waals surface area contributed by atoms with Crippen molar-refractivity contribution in [2.24, 2.45) is 5.73 Å². The highest BCUT2D eigenvalue weighted by Gasteiger charge is 2.29. The Morgan fingerprint density at radius 3 is 2.41 bits per heavy atom. The van der Waals surface area contributed by atoms with Gasteiger partial charge in [-0.2, -0.15) is 13.2 Å². The number of nitrogens with one attached hydrogen (secondary N) is 2. The minimum atomic E-state index is -4.45. The van der Waals surface area contributed by atoms with Gasteiger partial charge < -0.3 is 30.2 Å². The third kappa shape index (κ3) is 14.0. The number of aromatic nitrogens is 2. The molecule has 0 fully saturated rings. The van der Waals surface area contributed by atoms with Crippen LogP contribution in [0.25, 0.3) is 10.9 Å². The van der Waals surface area contributed by atoms with Crippen LogP contribution in [0.5, 0.6) is 5.75 Å². The number of amides is 3. The zero-order chi connectivity index (χ0) is 36.6. The fourth-order valence-corrected chi connectivity index (χ4v) is 4.06. The van der Waals surface area contributed by atoms with Gasteiger partial charge in [0.05, 0.1) is 12.1 Å². The summed E-state index contributed by atoms with van der Waals surface area (Å²) in [5, 5.41) is 3.24. The number of aromatic amines is 1. The van der Waals surface area contributed by atoms with E-state index in [4.69, 9.17) is 4.74 Å². The minimum Gasteiger partial charge on any atom is -0.487 e. The second kappa shape index (κ2) is 19.4. The lowest BCUT2D eigenvalue weighted by atomic mass is 10.2. The molecule has 0 saturated heterocycles. The van der Waals surface area contributed by atoms with Crippen LogP contribution in [-0.4, -0.2) is 52.9 Å². The summed E-state index contributed by atoms with van der Waals surface area (Å²) in [5.41, 5.74) is 5.77. The first-order valence-corrected chi connectivity index (χ1v) is 14.9. The zero-order valence-electron chi connectivity index (χ0n) is 27.2. The summed E-state index contributed by atoms with van der Waals surface area (Å²) in [6.45, 7) is 2.34. The molecule has 4 rings (SSSR count). The quantitative estimate of drug-likeness (QED) is 0.0719. The summed E-state index contributed by atoms with van der Waals surface area (Å²) in [4.78, 5) is 48.3. The van der Waals surface area contributed by atoms with Gasteiger partial charge >= 0.3 is 6.18 Å². The Morgan fingerprint density at radius 2 is 1.82 bits per heavy atom. The second-order valence-corrected chi connectivity index (χ2v) is 10.7. The van der Waals surface area contributed by atoms with Gasteiger partial charge in [0.1, 0.15) is 36.1 Å². The lowest BCUT2D eigenvalue weighted by Gasteiger charge is -2.08. The van der Waals surface area contributed by atoms with E-state index in [0.717, 1.165) is 30.0 Å². The molecule has 0 aliphatic carbocycles. The molecule has 4 aromatic rings. The maximum atomic E-state index is 13.9. The molecule has 0 aliphatic heterocycles. The monoisotopic (exact) mass is 691 g/mol. The fraction of sp³-hybridized carbons (Fsp3) is 0.294. The van der Waals surface area contributed by atoms with E-state index in [0.29, 0.717) is 17.7 Å². The van der Waals surface area contributed by atoms with Crippen molar-refractivity contribution in [3.8, 4) is 5.75 Å². The number of allylic oxidation sites excluding steroid dienone is 1. The van der Waals surface area contributed by atoms with E-state index >= 15 is 0 Å². The number of nitrogens with zero attached hydrogens (tertiary/aromatic N) is 2. The third-order valence-electron chi connectivity index (χ3n) is 6.45. The number of ether oxygens (including phenoxy) is 1. The molecule has 0 atom stereocenters. The molecule has 2 heterocycles. The van der Waals surface area contributed by atoms with E-state index in [1.165, 1.54) is 29.2 Å². The number of unbranched alkanes of at least 4 members (excludes halogenated alkanes) is 2. The molecule has 15 heteroatoms. The molecular weight excluding hydrogens is 653 g/mol. The Hall–Kier alpha value is -5.47. The molecule has 2 aromatic heterocycles. The van der Waals surface area contributed by atoms with Crippen molar-refractivity contribution in [2.45, 2.75) is 51.9 Å². The van der Waals surface area contributed by atoms with Crippen LogP contribution in [0.15, 0.2) is 77.7 Å². The normalized spacial score (nSPS) is 10.9. The first-order valence-electron chi connectivity index (χ1n) is 14.9. The Labute approximate surface area is 279 Å². The minimum absolute atomic E-state index is 0.0571. The number of hydrogen-bond acceptors (Lipinski definition) is 5. The number of carbonyl (C=O) groups excluding carboxylic acids is 3. The first-order chi connectivity index (χ1) is 23.1. The number of halogens is 5. The predicted octanol–water partition coefficient (Wildman–Crippen LogP) is 6.05. The van der Waals surface area contributed by atoms with Crippen LogP contribution in [-0.2, 0) is 27.5 Å². The standard InChI is InChI=1S/C22H17F2N3O3.C9H17NO.C3H4F3NO/c23-16-7-6-15(18(24)10-16)12-30-20-5-1-3-14-9-17(26-21(14)20)11-27-8-2-4-19(22(27)29)25-13-28;1-4-5-6-7-8-9(11)10(2)3;4-3(5,6)1-2(7)8/h1-10,13,26H,11-12H2,(H,25,28);7-8H,4-6H2,1-3H3;1H2,(H2,7,8)/b;8-7+;. The smallest absolute Gasteiger partial charge is 0.397 e. The average Bonchev–Trinajstić information content (AvgIpc) is 3.43. The van der Waals surface area contributed by atoms with Crippen LogP contribution in [0.4, 0.5) is 27.6 Å². The van der Waals surface area contributed by atoms with Crippen molar-refractivity contribution < 1.29 is 41.1 Å². The van der Waals surface area contributed by atoms with Crippen LogP contribution in [0.2, 0.25) is 0 Å². The number of pyridine rings is 1. The lowest BCUT2D eigenvalue weighted by Crippen LogP contribution is -2.23. The number of anilines is 1. The molecule has 0 saturated carbocycles. The summed E-state index contributed by atoms with van der Waals surface area (Å²) < 4.78 is 67.2. The van der Waals surface area contributed by atoms with Gasteiger partial charge in [-0.25, -0.2) is 8.78 Å². The fourth-order valence-electron chi connectivity index (χ4n) is 4.06. The largest absolute Gasteiger partial charge is 0.487 e. The van der Waals surface area contributed by atoms with Crippen molar-refractivity contribution in [3.05, 3.63) is 106 Å². The number of primary amides is 1. The van der Waals surface area contributed by atoms with Crippen LogP contribution < -0.4 is 21.3 Å². The van der Waals surface area contributed by atoms with Crippen molar-refractivity contribution in [3.63, 3.8) is 0 Å². The maximum Gasteiger partial charge on any atom is 0.397 e. The Bertz CT molecular complexity index is 1780. The van der Waals surface area contributed by atoms with Crippen molar-refractivity contribution in [1.29, 1.82) is 0 Å². The van der Waals surface area contributed by atoms with Crippen LogP contribution >= 0.6 is 0 Å². The summed E-state index contributed by atoms with van der Waals surface area (Å²) in [7, 11) is 3.51. The third-order valence-corrected chi connectivity index (χ3v) is 6.45. The summed E-state index contributed by atoms with van der Waals surface area (Å²) in [5.74, 6) is -2.09. The molecule has 4 N–H and O–H groups in total. The van der Waals surface area contributed by atoms with E-state index in [1.807, 2.05) is 18.2 Å². The van der Waals surface area contributed by atoms with Gasteiger partial charge in [-0.3, -0.25) is 19.2 Å². The van der Waals surface area contributed by atoms with Gasteiger partial charge in [0.2, 0.25) is 18.2 Å². The molecule has 49 heavy (non-hydrogen) atoms. The van der Waals surface area contributed by atoms with Crippen molar-refractivity contribution in [2.75, 3.05) is 19.4 Å². The molecular formula is C34H38F5N5O5. The molecule has 264 valence electrons. The van der Waals surface area contributed by atoms with Gasteiger partial charge in [-0.1, -0.05) is 38.0 Å². The number of likely N-dealkylation sites (N-methyl/N-ethyl adjacent to an activating group) is 1. The molecule has 0 aliphatic rings. The lowest BCUT2D eigenvalue weighted by molar-refractivity contribution is -0.151. The van der Waals surface area contributed by atoms with Crippen LogP contribution in [0.3, 0.4) is 0 Å². The number of benzene rings is 2. The number of rotatable bonds is 12. The average molecular weight is 692 g/mol. The molecule has 0 spiro atoms. The van der Waals surface area contributed by atoms with Gasteiger partial charge in [-0.05, 0) is 48.9 Å². The Morgan fingerprint density at radius 1 is 1.08 bits per heavy atom. The number of para-hydroxylation sites is 1. The van der Waals surface area contributed by atoms with Gasteiger partial charge in [-0.15, -0.1) is 0 Å². The van der Waals surface area contributed by atoms with Crippen LogP contribution in [0.1, 0.15) is 43.9 Å². The molecule has 0 unspecified atom stereocenters. The number of H-pyrrole nitrogens is 1. The highest BCUT2D eigenvalue weighted by atomic mass is 19.4. The summed E-state index contributed by atoms with van der Waals surface area (Å²) in [6.07, 6.45) is 3.02. The Balaban J connectivity index is 0.000000362. The molecule has 0 radical (unpaired) electrons. The highest BCUT2D eigenvalue weighted by molar-refractivity contribution is 5.87. The second-order valence-electron chi connectivity index (χ2n) is 10.7. The van der Waals surface area contributed by atoms with Gasteiger partial charge in [0.25, 0.3) is 5.56 Å². The molecule has 0 bridgehead atoms. The van der Waals surface area contributed by atoms with Crippen molar-refractivity contribution >= 4 is 34.8 Å². The van der Waals surface area contributed by atoms with Gasteiger partial charge in [0, 0.05) is 43.0 Å². The van der Waals surface area contributed by atoms with Crippen molar-refractivity contribution in [1.82, 2.24) is 14.5 Å². The summed E-state index contributed by atoms with van der Waals surface area (Å²) >= 11 is 0. The maximum absolute atomic E-state index is 13.9. The summed E-state index contributed by atoms with van der Waals surface area (Å²) in [6, 6.07) is 13.8. The number of carbonyl (C=O) groups is 3. The number of alkyl halides is 3.